The van der Waals surface area contributed by atoms with Crippen LogP contribution >= 0.6 is 0 Å². The predicted octanol–water partition coefficient (Wildman–Crippen LogP) is 0.213. The van der Waals surface area contributed by atoms with Crippen molar-refractivity contribution in [3.05, 3.63) is 42.5 Å². The molecule has 0 saturated carbocycles. The summed E-state index contributed by atoms with van der Waals surface area (Å²) in [6.45, 7) is 2.60. The van der Waals surface area contributed by atoms with E-state index in [0.717, 1.165) is 0 Å². The van der Waals surface area contributed by atoms with Crippen molar-refractivity contribution in [3.63, 3.8) is 0 Å². The van der Waals surface area contributed by atoms with Gasteiger partial charge < -0.3 is 5.32 Å². The van der Waals surface area contributed by atoms with E-state index in [-0.39, 0.29) is 10.9 Å². The number of hydrogen-bond acceptors (Lipinski definition) is 5. The highest BCUT2D eigenvalue weighted by molar-refractivity contribution is 7.89. The van der Waals surface area contributed by atoms with Gasteiger partial charge in [0.15, 0.2) is 0 Å². The van der Waals surface area contributed by atoms with Crippen LogP contribution in [0.25, 0.3) is 0 Å². The zero-order chi connectivity index (χ0) is 15.3. The minimum absolute atomic E-state index is 0.0576. The standard InChI is InChI=1S/C13H19N5O2S/c1-11(14-2)7-17-21(19,20)13-6-4-3-5-12(13)8-18-10-15-9-16-18/h3-6,9-11,14,17H,7-8H2,1-2H3. The molecular weight excluding hydrogens is 290 g/mol. The zero-order valence-corrected chi connectivity index (χ0v) is 12.8. The van der Waals surface area contributed by atoms with Crippen molar-refractivity contribution in [1.29, 1.82) is 0 Å². The van der Waals surface area contributed by atoms with Gasteiger partial charge in [0, 0.05) is 12.6 Å². The number of aromatic nitrogens is 3. The molecule has 0 bridgehead atoms. The van der Waals surface area contributed by atoms with Crippen LogP contribution < -0.4 is 10.0 Å². The van der Waals surface area contributed by atoms with E-state index < -0.39 is 10.0 Å². The monoisotopic (exact) mass is 309 g/mol. The van der Waals surface area contributed by atoms with E-state index in [1.54, 1.807) is 36.3 Å². The number of likely N-dealkylation sites (N-methyl/N-ethyl adjacent to an activating group) is 1. The van der Waals surface area contributed by atoms with Crippen LogP contribution in [-0.2, 0) is 16.6 Å². The molecule has 7 nitrogen and oxygen atoms in total. The lowest BCUT2D eigenvalue weighted by Gasteiger charge is -2.14. The molecule has 0 radical (unpaired) electrons. The van der Waals surface area contributed by atoms with E-state index in [1.165, 1.54) is 6.33 Å². The number of benzene rings is 1. The van der Waals surface area contributed by atoms with E-state index in [4.69, 9.17) is 0 Å². The van der Waals surface area contributed by atoms with Crippen molar-refractivity contribution in [1.82, 2.24) is 24.8 Å². The summed E-state index contributed by atoms with van der Waals surface area (Å²) in [5.74, 6) is 0. The Bertz CT molecular complexity index is 670. The summed E-state index contributed by atoms with van der Waals surface area (Å²) in [7, 11) is -1.76. The molecule has 0 aliphatic carbocycles. The molecule has 1 atom stereocenters. The van der Waals surface area contributed by atoms with Crippen LogP contribution in [0.1, 0.15) is 12.5 Å². The van der Waals surface area contributed by atoms with E-state index in [2.05, 4.69) is 20.1 Å². The molecule has 2 N–H and O–H groups in total. The normalized spacial score (nSPS) is 13.2. The highest BCUT2D eigenvalue weighted by Gasteiger charge is 2.18. The molecule has 0 spiro atoms. The minimum atomic E-state index is -3.55. The zero-order valence-electron chi connectivity index (χ0n) is 12.0. The maximum absolute atomic E-state index is 12.4. The van der Waals surface area contributed by atoms with Gasteiger partial charge in [-0.05, 0) is 25.6 Å². The fourth-order valence-electron chi connectivity index (χ4n) is 1.80. The van der Waals surface area contributed by atoms with Crippen LogP contribution in [0, 0.1) is 0 Å². The van der Waals surface area contributed by atoms with Crippen molar-refractivity contribution >= 4 is 10.0 Å². The average molecular weight is 309 g/mol. The van der Waals surface area contributed by atoms with Crippen molar-refractivity contribution in [3.8, 4) is 0 Å². The SMILES string of the molecule is CNC(C)CNS(=O)(=O)c1ccccc1Cn1cncn1. The van der Waals surface area contributed by atoms with Crippen molar-refractivity contribution < 1.29 is 8.42 Å². The molecule has 114 valence electrons. The Kier molecular flexibility index (Phi) is 5.05. The summed E-state index contributed by atoms with van der Waals surface area (Å²) in [4.78, 5) is 4.13. The van der Waals surface area contributed by atoms with Crippen LogP contribution in [0.5, 0.6) is 0 Å². The van der Waals surface area contributed by atoms with E-state index in [1.807, 2.05) is 13.0 Å². The Hall–Kier alpha value is -1.77. The summed E-state index contributed by atoms with van der Waals surface area (Å²) in [5.41, 5.74) is 0.674. The second-order valence-electron chi connectivity index (χ2n) is 4.74. The third kappa shape index (κ3) is 4.10. The Morgan fingerprint density at radius 2 is 2.10 bits per heavy atom. The second kappa shape index (κ2) is 6.79. The predicted molar refractivity (Wildman–Crippen MR) is 79.3 cm³/mol. The Morgan fingerprint density at radius 3 is 2.76 bits per heavy atom. The van der Waals surface area contributed by atoms with Crippen LogP contribution in [0.2, 0.25) is 0 Å². The van der Waals surface area contributed by atoms with Crippen molar-refractivity contribution in [2.75, 3.05) is 13.6 Å². The molecule has 0 amide bonds. The first-order valence-electron chi connectivity index (χ1n) is 6.60. The fraction of sp³-hybridized carbons (Fsp3) is 0.385. The fourth-order valence-corrected chi connectivity index (χ4v) is 3.16. The number of sulfonamides is 1. The molecule has 0 fully saturated rings. The molecule has 1 aromatic carbocycles. The van der Waals surface area contributed by atoms with Gasteiger partial charge in [0.25, 0.3) is 0 Å². The van der Waals surface area contributed by atoms with Gasteiger partial charge >= 0.3 is 0 Å². The van der Waals surface area contributed by atoms with Crippen molar-refractivity contribution in [2.45, 2.75) is 24.4 Å². The Labute approximate surface area is 124 Å². The molecular formula is C13H19N5O2S. The van der Waals surface area contributed by atoms with Gasteiger partial charge in [0.1, 0.15) is 12.7 Å². The van der Waals surface area contributed by atoms with Gasteiger partial charge in [0.2, 0.25) is 10.0 Å². The molecule has 0 aliphatic heterocycles. The molecule has 1 heterocycles. The highest BCUT2D eigenvalue weighted by Crippen LogP contribution is 2.16. The highest BCUT2D eigenvalue weighted by atomic mass is 32.2. The second-order valence-corrected chi connectivity index (χ2v) is 6.48. The first-order valence-corrected chi connectivity index (χ1v) is 8.08. The molecule has 2 rings (SSSR count). The lowest BCUT2D eigenvalue weighted by atomic mass is 10.2. The summed E-state index contributed by atoms with van der Waals surface area (Å²) in [6, 6.07) is 6.95. The maximum atomic E-state index is 12.4. The first kappa shape index (κ1) is 15.6. The summed E-state index contributed by atoms with van der Waals surface area (Å²) in [6.07, 6.45) is 2.98. The summed E-state index contributed by atoms with van der Waals surface area (Å²) >= 11 is 0. The molecule has 1 unspecified atom stereocenters. The largest absolute Gasteiger partial charge is 0.316 e. The van der Waals surface area contributed by atoms with Crippen LogP contribution in [-0.4, -0.2) is 42.8 Å². The number of nitrogens with one attached hydrogen (secondary N) is 2. The van der Waals surface area contributed by atoms with Gasteiger partial charge in [0.05, 0.1) is 11.4 Å². The van der Waals surface area contributed by atoms with Crippen LogP contribution in [0.15, 0.2) is 41.8 Å². The smallest absolute Gasteiger partial charge is 0.240 e. The van der Waals surface area contributed by atoms with E-state index in [9.17, 15) is 8.42 Å². The topological polar surface area (TPSA) is 88.9 Å². The Morgan fingerprint density at radius 1 is 1.33 bits per heavy atom. The molecule has 1 aromatic heterocycles. The lowest BCUT2D eigenvalue weighted by Crippen LogP contribution is -2.37. The van der Waals surface area contributed by atoms with Gasteiger partial charge in [-0.15, -0.1) is 0 Å². The first-order chi connectivity index (χ1) is 10.0. The van der Waals surface area contributed by atoms with Crippen LogP contribution in [0.4, 0.5) is 0 Å². The molecule has 0 saturated heterocycles. The summed E-state index contributed by atoms with van der Waals surface area (Å²) < 4.78 is 29.0. The minimum Gasteiger partial charge on any atom is -0.316 e. The van der Waals surface area contributed by atoms with Gasteiger partial charge in [-0.1, -0.05) is 18.2 Å². The molecule has 2 aromatic rings. The summed E-state index contributed by atoms with van der Waals surface area (Å²) in [5, 5.41) is 6.99. The quantitative estimate of drug-likeness (QED) is 0.763. The maximum Gasteiger partial charge on any atom is 0.240 e. The number of hydrogen-bond donors (Lipinski definition) is 2. The molecule has 8 heteroatoms. The van der Waals surface area contributed by atoms with E-state index in [0.29, 0.717) is 18.7 Å². The third-order valence-electron chi connectivity index (χ3n) is 3.13. The number of rotatable bonds is 7. The third-order valence-corrected chi connectivity index (χ3v) is 4.66. The van der Waals surface area contributed by atoms with Gasteiger partial charge in [-0.2, -0.15) is 5.10 Å². The van der Waals surface area contributed by atoms with Gasteiger partial charge in [-0.3, -0.25) is 0 Å². The van der Waals surface area contributed by atoms with Gasteiger partial charge in [-0.25, -0.2) is 22.8 Å². The molecule has 0 aliphatic rings. The van der Waals surface area contributed by atoms with Crippen molar-refractivity contribution in [2.24, 2.45) is 0 Å². The average Bonchev–Trinajstić information content (AvgIpc) is 2.98. The molecule has 21 heavy (non-hydrogen) atoms. The Balaban J connectivity index is 2.22. The van der Waals surface area contributed by atoms with Crippen LogP contribution in [0.3, 0.4) is 0 Å². The van der Waals surface area contributed by atoms with E-state index >= 15 is 0 Å². The number of nitrogens with zero attached hydrogens (tertiary/aromatic N) is 3. The lowest BCUT2D eigenvalue weighted by molar-refractivity contribution is 0.552.